The van der Waals surface area contributed by atoms with Crippen LogP contribution in [0.4, 0.5) is 0 Å². The van der Waals surface area contributed by atoms with E-state index in [1.807, 2.05) is 24.3 Å². The van der Waals surface area contributed by atoms with Crippen LogP contribution >= 0.6 is 0 Å². The summed E-state index contributed by atoms with van der Waals surface area (Å²) in [5.41, 5.74) is 4.58. The molecule has 0 saturated carbocycles. The first-order valence-corrected chi connectivity index (χ1v) is 11.2. The van der Waals surface area contributed by atoms with Crippen LogP contribution in [0, 0.1) is 0 Å². The molecule has 2 aromatic heterocycles. The Bertz CT molecular complexity index is 1350. The molecule has 2 aromatic carbocycles. The number of H-pyrrole nitrogens is 1. The van der Waals surface area contributed by atoms with Crippen molar-refractivity contribution in [2.75, 3.05) is 6.61 Å². The Labute approximate surface area is 185 Å². The smallest absolute Gasteiger partial charge is 0.336 e. The van der Waals surface area contributed by atoms with Crippen LogP contribution in [0.15, 0.2) is 57.7 Å². The lowest BCUT2D eigenvalue weighted by molar-refractivity contribution is -0.124. The summed E-state index contributed by atoms with van der Waals surface area (Å²) in [6.07, 6.45) is 4.69. The molecule has 164 valence electrons. The van der Waals surface area contributed by atoms with Gasteiger partial charge in [-0.05, 0) is 55.0 Å². The molecule has 0 spiro atoms. The van der Waals surface area contributed by atoms with Crippen LogP contribution in [-0.4, -0.2) is 17.5 Å². The van der Waals surface area contributed by atoms with Crippen LogP contribution in [0.25, 0.3) is 21.9 Å². The number of benzene rings is 2. The van der Waals surface area contributed by atoms with E-state index in [0.717, 1.165) is 54.3 Å². The summed E-state index contributed by atoms with van der Waals surface area (Å²) in [4.78, 5) is 28.0. The van der Waals surface area contributed by atoms with E-state index >= 15 is 0 Å². The molecule has 1 atom stereocenters. The average molecular weight is 431 g/mol. The summed E-state index contributed by atoms with van der Waals surface area (Å²) in [7, 11) is 0. The van der Waals surface area contributed by atoms with Crippen molar-refractivity contribution >= 4 is 27.8 Å². The number of carbonyl (C=O) groups is 1. The lowest BCUT2D eigenvalue weighted by Gasteiger charge is -2.24. The van der Waals surface area contributed by atoms with E-state index < -0.39 is 0 Å². The van der Waals surface area contributed by atoms with Gasteiger partial charge in [-0.2, -0.15) is 0 Å². The molecule has 0 bridgehead atoms. The van der Waals surface area contributed by atoms with Gasteiger partial charge >= 0.3 is 5.63 Å². The molecule has 2 heterocycles. The zero-order valence-electron chi connectivity index (χ0n) is 18.1. The molecule has 4 aromatic rings. The molecular formula is C26H26N2O4. The number of ether oxygens (including phenoxy) is 1. The molecule has 1 amide bonds. The zero-order chi connectivity index (χ0) is 22.1. The number of rotatable bonds is 6. The Hall–Kier alpha value is -3.54. The number of aromatic amines is 1. The topological polar surface area (TPSA) is 84.3 Å². The van der Waals surface area contributed by atoms with Crippen LogP contribution < -0.4 is 15.7 Å². The largest absolute Gasteiger partial charge is 0.484 e. The average Bonchev–Trinajstić information content (AvgIpc) is 3.17. The number of carbonyl (C=O) groups excluding carboxylic acids is 1. The number of para-hydroxylation sites is 1. The van der Waals surface area contributed by atoms with Crippen molar-refractivity contribution in [2.45, 2.75) is 45.1 Å². The first kappa shape index (κ1) is 20.4. The van der Waals surface area contributed by atoms with Crippen molar-refractivity contribution in [3.05, 3.63) is 75.8 Å². The maximum absolute atomic E-state index is 12.6. The SMILES string of the molecule is CCCc1cc(=O)oc2cc(OCC(=O)N[C@@H]3CCCc4c3[nH]c3ccccc43)ccc12. The Morgan fingerprint density at radius 1 is 1.19 bits per heavy atom. The molecule has 1 aliphatic rings. The quantitative estimate of drug-likeness (QED) is 0.431. The van der Waals surface area contributed by atoms with Gasteiger partial charge < -0.3 is 19.5 Å². The molecule has 6 nitrogen and oxygen atoms in total. The normalized spacial score (nSPS) is 15.6. The van der Waals surface area contributed by atoms with Gasteiger partial charge in [-0.1, -0.05) is 31.5 Å². The van der Waals surface area contributed by atoms with Gasteiger partial charge in [0.05, 0.1) is 6.04 Å². The second kappa shape index (κ2) is 8.54. The van der Waals surface area contributed by atoms with Crippen LogP contribution in [-0.2, 0) is 17.6 Å². The van der Waals surface area contributed by atoms with Gasteiger partial charge in [0.25, 0.3) is 5.91 Å². The Balaban J connectivity index is 1.29. The number of hydrogen-bond acceptors (Lipinski definition) is 4. The molecule has 0 fully saturated rings. The van der Waals surface area contributed by atoms with Crippen molar-refractivity contribution in [2.24, 2.45) is 0 Å². The molecule has 2 N–H and O–H groups in total. The maximum atomic E-state index is 12.6. The van der Waals surface area contributed by atoms with Crippen molar-refractivity contribution in [3.8, 4) is 5.75 Å². The van der Waals surface area contributed by atoms with Gasteiger partial charge in [0.2, 0.25) is 0 Å². The van der Waals surface area contributed by atoms with E-state index in [0.29, 0.717) is 11.3 Å². The second-order valence-electron chi connectivity index (χ2n) is 8.36. The number of aryl methyl sites for hydroxylation is 2. The van der Waals surface area contributed by atoms with E-state index in [9.17, 15) is 9.59 Å². The maximum Gasteiger partial charge on any atom is 0.336 e. The van der Waals surface area contributed by atoms with Gasteiger partial charge in [0.1, 0.15) is 11.3 Å². The molecule has 0 radical (unpaired) electrons. The first-order chi connectivity index (χ1) is 15.6. The predicted octanol–water partition coefficient (Wildman–Crippen LogP) is 4.80. The van der Waals surface area contributed by atoms with E-state index in [2.05, 4.69) is 29.4 Å². The van der Waals surface area contributed by atoms with Crippen molar-refractivity contribution in [1.29, 1.82) is 0 Å². The summed E-state index contributed by atoms with van der Waals surface area (Å²) >= 11 is 0. The van der Waals surface area contributed by atoms with Gasteiger partial charge in [-0.25, -0.2) is 4.79 Å². The van der Waals surface area contributed by atoms with Crippen molar-refractivity contribution in [3.63, 3.8) is 0 Å². The minimum absolute atomic E-state index is 0.0477. The third kappa shape index (κ3) is 3.88. The van der Waals surface area contributed by atoms with Crippen LogP contribution in [0.3, 0.4) is 0 Å². The molecule has 1 aliphatic carbocycles. The van der Waals surface area contributed by atoms with E-state index in [4.69, 9.17) is 9.15 Å². The third-order valence-electron chi connectivity index (χ3n) is 6.14. The number of nitrogens with one attached hydrogen (secondary N) is 2. The molecule has 0 saturated heterocycles. The van der Waals surface area contributed by atoms with Crippen LogP contribution in [0.5, 0.6) is 5.75 Å². The Morgan fingerprint density at radius 2 is 2.06 bits per heavy atom. The highest BCUT2D eigenvalue weighted by Gasteiger charge is 2.25. The summed E-state index contributed by atoms with van der Waals surface area (Å²) in [5, 5.41) is 5.24. The molecule has 0 unspecified atom stereocenters. The fourth-order valence-electron chi connectivity index (χ4n) is 4.72. The summed E-state index contributed by atoms with van der Waals surface area (Å²) in [6.45, 7) is 1.97. The Morgan fingerprint density at radius 3 is 2.94 bits per heavy atom. The summed E-state index contributed by atoms with van der Waals surface area (Å²) in [6, 6.07) is 15.1. The highest BCUT2D eigenvalue weighted by atomic mass is 16.5. The van der Waals surface area contributed by atoms with Crippen molar-refractivity contribution in [1.82, 2.24) is 10.3 Å². The van der Waals surface area contributed by atoms with E-state index in [1.54, 1.807) is 12.1 Å². The fraction of sp³-hybridized carbons (Fsp3) is 0.308. The molecule has 32 heavy (non-hydrogen) atoms. The monoisotopic (exact) mass is 430 g/mol. The zero-order valence-corrected chi connectivity index (χ0v) is 18.1. The summed E-state index contributed by atoms with van der Waals surface area (Å²) < 4.78 is 11.1. The number of aromatic nitrogens is 1. The molecular weight excluding hydrogens is 404 g/mol. The fourth-order valence-corrected chi connectivity index (χ4v) is 4.72. The lowest BCUT2D eigenvalue weighted by atomic mass is 9.91. The number of amides is 1. The Kier molecular flexibility index (Phi) is 5.43. The summed E-state index contributed by atoms with van der Waals surface area (Å²) in [5.74, 6) is 0.321. The lowest BCUT2D eigenvalue weighted by Crippen LogP contribution is -2.34. The minimum atomic E-state index is -0.373. The van der Waals surface area contributed by atoms with Crippen molar-refractivity contribution < 1.29 is 13.9 Å². The van der Waals surface area contributed by atoms with E-state index in [-0.39, 0.29) is 24.2 Å². The second-order valence-corrected chi connectivity index (χ2v) is 8.36. The predicted molar refractivity (Wildman–Crippen MR) is 124 cm³/mol. The molecule has 6 heteroatoms. The van der Waals surface area contributed by atoms with Gasteiger partial charge in [-0.15, -0.1) is 0 Å². The standard InChI is InChI=1S/C26H26N2O4/c1-2-6-16-13-25(30)32-23-14-17(11-12-18(16)23)31-15-24(29)27-22-10-5-8-20-19-7-3-4-9-21(19)28-26(20)22/h3-4,7,9,11-14,22,28H,2,5-6,8,10,15H2,1H3,(H,27,29)/t22-/m1/s1. The van der Waals surface area contributed by atoms with Gasteiger partial charge in [-0.3, -0.25) is 4.79 Å². The minimum Gasteiger partial charge on any atom is -0.484 e. The molecule has 5 rings (SSSR count). The highest BCUT2D eigenvalue weighted by molar-refractivity contribution is 5.86. The third-order valence-corrected chi connectivity index (χ3v) is 6.14. The first-order valence-electron chi connectivity index (χ1n) is 11.2. The van der Waals surface area contributed by atoms with Crippen LogP contribution in [0.2, 0.25) is 0 Å². The number of fused-ring (bicyclic) bond motifs is 4. The van der Waals surface area contributed by atoms with Crippen LogP contribution in [0.1, 0.15) is 49.0 Å². The highest BCUT2D eigenvalue weighted by Crippen LogP contribution is 2.34. The van der Waals surface area contributed by atoms with Gasteiger partial charge in [0.15, 0.2) is 6.61 Å². The molecule has 0 aliphatic heterocycles. The van der Waals surface area contributed by atoms with Gasteiger partial charge in [0, 0.05) is 34.1 Å². The van der Waals surface area contributed by atoms with E-state index in [1.165, 1.54) is 10.9 Å². The number of hydrogen-bond donors (Lipinski definition) is 2.